The van der Waals surface area contributed by atoms with Gasteiger partial charge in [-0.1, -0.05) is 35.9 Å². The van der Waals surface area contributed by atoms with Crippen LogP contribution in [0.5, 0.6) is 0 Å². The number of anilines is 2. The number of hydrogen-bond acceptors (Lipinski definition) is 3. The lowest BCUT2D eigenvalue weighted by Gasteiger charge is -2.33. The maximum absolute atomic E-state index is 13.8. The van der Waals surface area contributed by atoms with Crippen molar-refractivity contribution in [1.82, 2.24) is 4.90 Å². The molecule has 0 spiro atoms. The Bertz CT molecular complexity index is 959. The van der Waals surface area contributed by atoms with Gasteiger partial charge in [0.15, 0.2) is 0 Å². The van der Waals surface area contributed by atoms with Crippen molar-refractivity contribution in [3.8, 4) is 0 Å². The molecule has 1 aliphatic rings. The average Bonchev–Trinajstić information content (AvgIpc) is 2.79. The molecule has 0 aliphatic carbocycles. The van der Waals surface area contributed by atoms with E-state index in [0.717, 1.165) is 16.7 Å². The number of nitrogens with zero attached hydrogens (tertiary/aromatic N) is 2. The smallest absolute Gasteiger partial charge is 0.324 e. The highest BCUT2D eigenvalue weighted by molar-refractivity contribution is 6.05. The normalized spacial score (nSPS) is 16.8. The van der Waals surface area contributed by atoms with Gasteiger partial charge < -0.3 is 5.32 Å². The van der Waals surface area contributed by atoms with E-state index in [4.69, 9.17) is 0 Å². The van der Waals surface area contributed by atoms with Gasteiger partial charge in [0.2, 0.25) is 11.8 Å². The maximum Gasteiger partial charge on any atom is 0.409 e. The second kappa shape index (κ2) is 8.47. The molecule has 2 amide bonds. The zero-order valence-electron chi connectivity index (χ0n) is 17.1. The summed E-state index contributed by atoms with van der Waals surface area (Å²) in [6, 6.07) is 9.77. The monoisotopic (exact) mass is 419 g/mol. The first-order chi connectivity index (χ1) is 14.1. The van der Waals surface area contributed by atoms with E-state index in [1.54, 1.807) is 24.1 Å². The van der Waals surface area contributed by atoms with Crippen LogP contribution in [0.25, 0.3) is 0 Å². The number of aryl methyl sites for hydroxylation is 2. The van der Waals surface area contributed by atoms with Crippen LogP contribution in [0.2, 0.25) is 0 Å². The second-order valence-corrected chi connectivity index (χ2v) is 7.69. The van der Waals surface area contributed by atoms with E-state index in [1.807, 2.05) is 32.0 Å². The van der Waals surface area contributed by atoms with Crippen molar-refractivity contribution in [2.24, 2.45) is 0 Å². The van der Waals surface area contributed by atoms with Crippen molar-refractivity contribution in [2.75, 3.05) is 23.8 Å². The molecule has 0 fully saturated rings. The molecule has 2 aromatic rings. The number of nitrogens with one attached hydrogen (secondary N) is 1. The first kappa shape index (κ1) is 21.8. The zero-order chi connectivity index (χ0) is 22.1. The SMILES string of the molecule is Cc1ccc(CN(C)CC(=O)N2c3ccccc3NC(=O)CC2C(F)(F)F)c(C)c1. The Balaban J connectivity index is 1.88. The van der Waals surface area contributed by atoms with E-state index in [2.05, 4.69) is 5.32 Å². The third-order valence-corrected chi connectivity index (χ3v) is 5.12. The number of fused-ring (bicyclic) bond motifs is 1. The maximum atomic E-state index is 13.8. The van der Waals surface area contributed by atoms with Gasteiger partial charge in [-0.3, -0.25) is 19.4 Å². The lowest BCUT2D eigenvalue weighted by molar-refractivity contribution is -0.158. The molecule has 2 aromatic carbocycles. The molecule has 1 aliphatic heterocycles. The van der Waals surface area contributed by atoms with Gasteiger partial charge in [0.25, 0.3) is 0 Å². The van der Waals surface area contributed by atoms with Gasteiger partial charge in [0.1, 0.15) is 6.04 Å². The van der Waals surface area contributed by atoms with Crippen molar-refractivity contribution < 1.29 is 22.8 Å². The van der Waals surface area contributed by atoms with Crippen molar-refractivity contribution in [3.63, 3.8) is 0 Å². The lowest BCUT2D eigenvalue weighted by atomic mass is 10.1. The highest BCUT2D eigenvalue weighted by Crippen LogP contribution is 2.37. The predicted molar refractivity (Wildman–Crippen MR) is 109 cm³/mol. The molecule has 1 atom stereocenters. The largest absolute Gasteiger partial charge is 0.409 e. The van der Waals surface area contributed by atoms with Crippen molar-refractivity contribution in [2.45, 2.75) is 39.0 Å². The summed E-state index contributed by atoms with van der Waals surface area (Å²) in [5, 5.41) is 2.47. The number of alkyl halides is 3. The number of benzene rings is 2. The molecule has 0 saturated heterocycles. The van der Waals surface area contributed by atoms with Crippen LogP contribution in [-0.4, -0.2) is 42.5 Å². The van der Waals surface area contributed by atoms with Crippen LogP contribution < -0.4 is 10.2 Å². The molecule has 1 heterocycles. The second-order valence-electron chi connectivity index (χ2n) is 7.69. The van der Waals surface area contributed by atoms with Gasteiger partial charge in [-0.2, -0.15) is 13.2 Å². The third kappa shape index (κ3) is 4.81. The standard InChI is InChI=1S/C22H24F3N3O2/c1-14-8-9-16(15(2)10-14)12-27(3)13-21(30)28-18-7-5-4-6-17(18)26-20(29)11-19(28)22(23,24)25/h4-10,19H,11-13H2,1-3H3,(H,26,29). The minimum atomic E-state index is -4.74. The predicted octanol–water partition coefficient (Wildman–Crippen LogP) is 4.04. The highest BCUT2D eigenvalue weighted by Gasteiger charge is 2.49. The number of para-hydroxylation sites is 2. The van der Waals surface area contributed by atoms with Crippen LogP contribution in [0.15, 0.2) is 42.5 Å². The van der Waals surface area contributed by atoms with E-state index >= 15 is 0 Å². The topological polar surface area (TPSA) is 52.7 Å². The fraction of sp³-hybridized carbons (Fsp3) is 0.364. The van der Waals surface area contributed by atoms with E-state index in [9.17, 15) is 22.8 Å². The molecule has 5 nitrogen and oxygen atoms in total. The molecular weight excluding hydrogens is 395 g/mol. The van der Waals surface area contributed by atoms with E-state index in [0.29, 0.717) is 11.4 Å². The van der Waals surface area contributed by atoms with E-state index in [1.165, 1.54) is 12.1 Å². The zero-order valence-corrected chi connectivity index (χ0v) is 17.1. The summed E-state index contributed by atoms with van der Waals surface area (Å²) in [6.07, 6.45) is -5.58. The molecule has 30 heavy (non-hydrogen) atoms. The van der Waals surface area contributed by atoms with E-state index in [-0.39, 0.29) is 17.9 Å². The number of hydrogen-bond donors (Lipinski definition) is 1. The molecule has 0 bridgehead atoms. The number of carbonyl (C=O) groups excluding carboxylic acids is 2. The number of likely N-dealkylation sites (N-methyl/N-ethyl adjacent to an activating group) is 1. The van der Waals surface area contributed by atoms with Gasteiger partial charge in [0.05, 0.1) is 24.3 Å². The fourth-order valence-electron chi connectivity index (χ4n) is 3.67. The van der Waals surface area contributed by atoms with Crippen molar-refractivity contribution >= 4 is 23.2 Å². The number of carbonyl (C=O) groups is 2. The summed E-state index contributed by atoms with van der Waals surface area (Å²) < 4.78 is 41.4. The van der Waals surface area contributed by atoms with Gasteiger partial charge >= 0.3 is 6.18 Å². The summed E-state index contributed by atoms with van der Waals surface area (Å²) >= 11 is 0. The molecule has 1 N–H and O–H groups in total. The van der Waals surface area contributed by atoms with Crippen LogP contribution in [-0.2, 0) is 16.1 Å². The van der Waals surface area contributed by atoms with Crippen LogP contribution >= 0.6 is 0 Å². The Hall–Kier alpha value is -2.87. The first-order valence-corrected chi connectivity index (χ1v) is 9.58. The number of halogens is 3. The summed E-state index contributed by atoms with van der Waals surface area (Å²) in [6.45, 7) is 4.14. The van der Waals surface area contributed by atoms with E-state index < -0.39 is 30.5 Å². The Morgan fingerprint density at radius 2 is 1.90 bits per heavy atom. The summed E-state index contributed by atoms with van der Waals surface area (Å²) in [5.41, 5.74) is 3.41. The van der Waals surface area contributed by atoms with Gasteiger partial charge in [-0.25, -0.2) is 0 Å². The molecular formula is C22H24F3N3O2. The summed E-state index contributed by atoms with van der Waals surface area (Å²) in [4.78, 5) is 27.5. The van der Waals surface area contributed by atoms with Crippen LogP contribution in [0, 0.1) is 13.8 Å². The third-order valence-electron chi connectivity index (χ3n) is 5.12. The summed E-state index contributed by atoms with van der Waals surface area (Å²) in [7, 11) is 1.69. The quantitative estimate of drug-likeness (QED) is 0.814. The molecule has 160 valence electrons. The van der Waals surface area contributed by atoms with Gasteiger partial charge in [0, 0.05) is 6.54 Å². The van der Waals surface area contributed by atoms with Crippen LogP contribution in [0.4, 0.5) is 24.5 Å². The molecule has 0 saturated carbocycles. The van der Waals surface area contributed by atoms with Crippen molar-refractivity contribution in [1.29, 1.82) is 0 Å². The molecule has 1 unspecified atom stereocenters. The summed E-state index contributed by atoms with van der Waals surface area (Å²) in [5.74, 6) is -1.49. The average molecular weight is 419 g/mol. The minimum Gasteiger partial charge on any atom is -0.324 e. The van der Waals surface area contributed by atoms with Gasteiger partial charge in [-0.05, 0) is 44.2 Å². The highest BCUT2D eigenvalue weighted by atomic mass is 19.4. The minimum absolute atomic E-state index is 0.0515. The fourth-order valence-corrected chi connectivity index (χ4v) is 3.67. The molecule has 8 heteroatoms. The van der Waals surface area contributed by atoms with Crippen LogP contribution in [0.3, 0.4) is 0 Å². The Kier molecular flexibility index (Phi) is 6.17. The van der Waals surface area contributed by atoms with Crippen LogP contribution in [0.1, 0.15) is 23.1 Å². The lowest BCUT2D eigenvalue weighted by Crippen LogP contribution is -2.52. The Morgan fingerprint density at radius 3 is 2.57 bits per heavy atom. The number of rotatable bonds is 4. The molecule has 0 aromatic heterocycles. The Morgan fingerprint density at radius 1 is 1.20 bits per heavy atom. The van der Waals surface area contributed by atoms with Crippen molar-refractivity contribution in [3.05, 3.63) is 59.2 Å². The first-order valence-electron chi connectivity index (χ1n) is 9.58. The number of amides is 2. The molecule has 3 rings (SSSR count). The Labute approximate surface area is 173 Å². The molecule has 0 radical (unpaired) electrons. The van der Waals surface area contributed by atoms with Gasteiger partial charge in [-0.15, -0.1) is 0 Å².